The van der Waals surface area contributed by atoms with Crippen molar-refractivity contribution in [3.05, 3.63) is 70.5 Å². The third-order valence-electron chi connectivity index (χ3n) is 6.18. The molecule has 0 bridgehead atoms. The Bertz CT molecular complexity index is 1050. The summed E-state index contributed by atoms with van der Waals surface area (Å²) >= 11 is 0. The summed E-state index contributed by atoms with van der Waals surface area (Å²) in [5.41, 5.74) is 6.81. The van der Waals surface area contributed by atoms with Gasteiger partial charge in [-0.2, -0.15) is 18.2 Å². The van der Waals surface area contributed by atoms with Crippen LogP contribution in [0.2, 0.25) is 0 Å². The zero-order chi connectivity index (χ0) is 24.3. The molecule has 2 aromatic carbocycles. The summed E-state index contributed by atoms with van der Waals surface area (Å²) in [6.45, 7) is 1.70. The maximum Gasteiger partial charge on any atom is 0.416 e. The lowest BCUT2D eigenvalue weighted by Crippen LogP contribution is -2.51. The second kappa shape index (κ2) is 10.1. The lowest BCUT2D eigenvalue weighted by molar-refractivity contribution is -0.137. The van der Waals surface area contributed by atoms with Crippen LogP contribution >= 0.6 is 0 Å². The zero-order valence-electron chi connectivity index (χ0n) is 18.7. The van der Waals surface area contributed by atoms with Crippen LogP contribution in [0.3, 0.4) is 0 Å². The third-order valence-corrected chi connectivity index (χ3v) is 6.18. The largest absolute Gasteiger partial charge is 0.416 e. The van der Waals surface area contributed by atoms with E-state index in [4.69, 9.17) is 0 Å². The fourth-order valence-electron chi connectivity index (χ4n) is 4.20. The van der Waals surface area contributed by atoms with Crippen molar-refractivity contribution in [2.24, 2.45) is 4.99 Å². The molecule has 34 heavy (non-hydrogen) atoms. The van der Waals surface area contributed by atoms with Crippen molar-refractivity contribution in [2.75, 3.05) is 0 Å². The first kappa shape index (κ1) is 24.2. The van der Waals surface area contributed by atoms with E-state index in [2.05, 4.69) is 26.5 Å². The second-order valence-electron chi connectivity index (χ2n) is 8.75. The fraction of sp³-hybridized carbons (Fsp3) is 0.417. The number of aryl methyl sites for hydroxylation is 1. The average molecular weight is 478 g/mol. The predicted molar refractivity (Wildman–Crippen MR) is 120 cm³/mol. The SMILES string of the molecule is Cc1ccc(C2CC(N/C(=N\C(=O)c3ccc(C(F)(F)F)cc3)NC3CCCC3)NN2)cc1F. The van der Waals surface area contributed by atoms with Crippen LogP contribution in [-0.4, -0.2) is 24.1 Å². The van der Waals surface area contributed by atoms with E-state index in [0.717, 1.165) is 55.5 Å². The molecule has 1 saturated heterocycles. The molecule has 0 spiro atoms. The van der Waals surface area contributed by atoms with Gasteiger partial charge in [0.2, 0.25) is 5.96 Å². The summed E-state index contributed by atoms with van der Waals surface area (Å²) in [6, 6.07) is 9.08. The number of nitrogens with zero attached hydrogens (tertiary/aromatic N) is 1. The first-order valence-corrected chi connectivity index (χ1v) is 11.3. The topological polar surface area (TPSA) is 77.5 Å². The first-order chi connectivity index (χ1) is 16.2. The van der Waals surface area contributed by atoms with Crippen LogP contribution < -0.4 is 21.5 Å². The van der Waals surface area contributed by atoms with Gasteiger partial charge in [-0.15, -0.1) is 0 Å². The van der Waals surface area contributed by atoms with E-state index in [0.29, 0.717) is 12.0 Å². The Morgan fingerprint density at radius 1 is 1.03 bits per heavy atom. The highest BCUT2D eigenvalue weighted by Crippen LogP contribution is 2.29. The maximum atomic E-state index is 14.0. The van der Waals surface area contributed by atoms with Crippen LogP contribution in [0.4, 0.5) is 17.6 Å². The molecule has 0 aromatic heterocycles. The molecule has 2 fully saturated rings. The fourth-order valence-corrected chi connectivity index (χ4v) is 4.20. The Labute approximate surface area is 195 Å². The standard InChI is InChI=1S/C24H27F4N5O/c1-14-6-7-16(12-19(14)25)20-13-21(33-32-20)30-23(29-18-4-2-3-5-18)31-22(34)15-8-10-17(11-9-15)24(26,27)28/h6-12,18,20-21,32-33H,2-5,13H2,1H3,(H2,29,30,31,34). The minimum Gasteiger partial charge on any atom is -0.353 e. The Morgan fingerprint density at radius 3 is 2.38 bits per heavy atom. The Balaban J connectivity index is 1.46. The van der Waals surface area contributed by atoms with Gasteiger partial charge in [0.05, 0.1) is 11.7 Å². The van der Waals surface area contributed by atoms with E-state index in [1.807, 2.05) is 6.07 Å². The normalized spacial score (nSPS) is 21.6. The molecule has 4 rings (SSSR count). The van der Waals surface area contributed by atoms with E-state index >= 15 is 0 Å². The lowest BCUT2D eigenvalue weighted by Gasteiger charge is -2.20. The highest BCUT2D eigenvalue weighted by atomic mass is 19.4. The molecule has 0 radical (unpaired) electrons. The number of hydrogen-bond donors (Lipinski definition) is 4. The van der Waals surface area contributed by atoms with Gasteiger partial charge in [-0.3, -0.25) is 4.79 Å². The number of rotatable bonds is 4. The molecule has 1 aliphatic carbocycles. The number of aliphatic imine (C=N–C) groups is 1. The van der Waals surface area contributed by atoms with Crippen LogP contribution in [-0.2, 0) is 6.18 Å². The molecule has 1 amide bonds. The average Bonchev–Trinajstić information content (AvgIpc) is 3.47. The minimum atomic E-state index is -4.47. The van der Waals surface area contributed by atoms with E-state index in [1.165, 1.54) is 6.07 Å². The third kappa shape index (κ3) is 5.92. The first-order valence-electron chi connectivity index (χ1n) is 11.3. The molecule has 182 valence electrons. The molecule has 4 N–H and O–H groups in total. The van der Waals surface area contributed by atoms with Gasteiger partial charge in [-0.25, -0.2) is 15.2 Å². The van der Waals surface area contributed by atoms with Crippen molar-refractivity contribution in [1.82, 2.24) is 21.5 Å². The Kier molecular flexibility index (Phi) is 7.18. The van der Waals surface area contributed by atoms with Gasteiger partial charge in [-0.1, -0.05) is 25.0 Å². The van der Waals surface area contributed by atoms with Crippen molar-refractivity contribution in [1.29, 1.82) is 0 Å². The van der Waals surface area contributed by atoms with E-state index < -0.39 is 17.6 Å². The van der Waals surface area contributed by atoms with E-state index in [-0.39, 0.29) is 35.6 Å². The molecule has 2 unspecified atom stereocenters. The van der Waals surface area contributed by atoms with Crippen molar-refractivity contribution >= 4 is 11.9 Å². The van der Waals surface area contributed by atoms with E-state index in [9.17, 15) is 22.4 Å². The summed E-state index contributed by atoms with van der Waals surface area (Å²) in [5.74, 6) is -0.667. The molecule has 1 heterocycles. The molecule has 2 aliphatic rings. The number of alkyl halides is 3. The van der Waals surface area contributed by atoms with Gasteiger partial charge in [0.25, 0.3) is 5.91 Å². The van der Waals surface area contributed by atoms with Crippen molar-refractivity contribution in [2.45, 2.75) is 63.5 Å². The molecular formula is C24H27F4N5O. The number of carbonyl (C=O) groups is 1. The molecular weight excluding hydrogens is 450 g/mol. The van der Waals surface area contributed by atoms with Crippen LogP contribution in [0, 0.1) is 12.7 Å². The predicted octanol–water partition coefficient (Wildman–Crippen LogP) is 4.34. The number of amides is 1. The lowest BCUT2D eigenvalue weighted by atomic mass is 10.0. The molecule has 1 aliphatic heterocycles. The molecule has 1 saturated carbocycles. The number of hydrogen-bond acceptors (Lipinski definition) is 3. The second-order valence-corrected chi connectivity index (χ2v) is 8.75. The monoisotopic (exact) mass is 477 g/mol. The van der Waals surface area contributed by atoms with Crippen LogP contribution in [0.5, 0.6) is 0 Å². The van der Waals surface area contributed by atoms with Crippen LogP contribution in [0.25, 0.3) is 0 Å². The minimum absolute atomic E-state index is 0.0611. The summed E-state index contributed by atoms with van der Waals surface area (Å²) in [5, 5.41) is 6.44. The number of benzene rings is 2. The van der Waals surface area contributed by atoms with Gasteiger partial charge < -0.3 is 10.6 Å². The number of nitrogens with one attached hydrogen (secondary N) is 4. The Morgan fingerprint density at radius 2 is 1.74 bits per heavy atom. The number of halogens is 4. The molecule has 2 atom stereocenters. The van der Waals surface area contributed by atoms with Gasteiger partial charge in [0.15, 0.2) is 0 Å². The molecule has 6 nitrogen and oxygen atoms in total. The van der Waals surface area contributed by atoms with Gasteiger partial charge in [0, 0.05) is 24.1 Å². The van der Waals surface area contributed by atoms with Gasteiger partial charge >= 0.3 is 6.18 Å². The maximum absolute atomic E-state index is 14.0. The van der Waals surface area contributed by atoms with Crippen molar-refractivity contribution in [3.63, 3.8) is 0 Å². The van der Waals surface area contributed by atoms with E-state index in [1.54, 1.807) is 13.0 Å². The van der Waals surface area contributed by atoms with Gasteiger partial charge in [0.1, 0.15) is 5.82 Å². The summed E-state index contributed by atoms with van der Waals surface area (Å²) in [7, 11) is 0. The summed E-state index contributed by atoms with van der Waals surface area (Å²) < 4.78 is 52.4. The molecule has 10 heteroatoms. The number of carbonyl (C=O) groups excluding carboxylic acids is 1. The van der Waals surface area contributed by atoms with Gasteiger partial charge in [-0.05, 0) is 61.2 Å². The zero-order valence-corrected chi connectivity index (χ0v) is 18.7. The highest BCUT2D eigenvalue weighted by molar-refractivity contribution is 6.02. The highest BCUT2D eigenvalue weighted by Gasteiger charge is 2.30. The van der Waals surface area contributed by atoms with Crippen LogP contribution in [0.15, 0.2) is 47.5 Å². The number of guanidine groups is 1. The number of hydrazine groups is 1. The summed E-state index contributed by atoms with van der Waals surface area (Å²) in [6.07, 6.45) is -0.192. The van der Waals surface area contributed by atoms with Crippen molar-refractivity contribution < 1.29 is 22.4 Å². The van der Waals surface area contributed by atoms with Crippen LogP contribution in [0.1, 0.15) is 65.2 Å². The Hall–Kier alpha value is -2.98. The van der Waals surface area contributed by atoms with Crippen molar-refractivity contribution in [3.8, 4) is 0 Å². The smallest absolute Gasteiger partial charge is 0.353 e. The quantitative estimate of drug-likeness (QED) is 0.300. The molecule has 2 aromatic rings. The summed E-state index contributed by atoms with van der Waals surface area (Å²) in [4.78, 5) is 16.8.